The summed E-state index contributed by atoms with van der Waals surface area (Å²) in [6.45, 7) is 7.74. The van der Waals surface area contributed by atoms with E-state index in [0.717, 1.165) is 53.3 Å². The number of nitrogens with zero attached hydrogens (tertiary/aromatic N) is 3. The fourth-order valence-corrected chi connectivity index (χ4v) is 3.84. The van der Waals surface area contributed by atoms with Crippen LogP contribution in [0.3, 0.4) is 0 Å². The number of hydrogen-bond donors (Lipinski definition) is 2. The first kappa shape index (κ1) is 14.7. The minimum absolute atomic E-state index is 0.730. The van der Waals surface area contributed by atoms with Crippen molar-refractivity contribution in [1.82, 2.24) is 14.9 Å². The van der Waals surface area contributed by atoms with Crippen molar-refractivity contribution in [1.29, 1.82) is 0 Å². The van der Waals surface area contributed by atoms with E-state index >= 15 is 0 Å². The molecule has 0 amide bonds. The number of anilines is 1. The molecule has 3 rings (SSSR count). The Bertz CT molecular complexity index is 601. The monoisotopic (exact) mass is 305 g/mol. The van der Waals surface area contributed by atoms with Crippen LogP contribution >= 0.6 is 11.3 Å². The molecule has 3 N–H and O–H groups in total. The first-order valence-electron chi connectivity index (χ1n) is 7.60. The fraction of sp³-hybridized carbons (Fsp3) is 0.600. The van der Waals surface area contributed by atoms with Gasteiger partial charge in [0, 0.05) is 0 Å². The van der Waals surface area contributed by atoms with Crippen LogP contribution in [0, 0.1) is 11.8 Å². The Morgan fingerprint density at radius 2 is 2.14 bits per heavy atom. The first-order valence-corrected chi connectivity index (χ1v) is 8.48. The summed E-state index contributed by atoms with van der Waals surface area (Å²) in [4.78, 5) is 12.7. The molecular weight excluding hydrogens is 282 g/mol. The van der Waals surface area contributed by atoms with Gasteiger partial charge >= 0.3 is 0 Å². The Hall–Kier alpha value is -1.24. The zero-order chi connectivity index (χ0) is 14.8. The van der Waals surface area contributed by atoms with Gasteiger partial charge in [0.1, 0.15) is 10.7 Å². The van der Waals surface area contributed by atoms with Crippen LogP contribution in [-0.2, 0) is 6.54 Å². The lowest BCUT2D eigenvalue weighted by Gasteiger charge is -2.33. The van der Waals surface area contributed by atoms with Gasteiger partial charge in [0.2, 0.25) is 0 Å². The SMILES string of the molecule is CC(C)C1CCN(Cc2nc(NN)c3ccsc3n2)CC1. The van der Waals surface area contributed by atoms with E-state index in [0.29, 0.717) is 0 Å². The average Bonchev–Trinajstić information content (AvgIpc) is 2.95. The van der Waals surface area contributed by atoms with E-state index in [2.05, 4.69) is 34.1 Å². The molecule has 2 aromatic heterocycles. The molecule has 5 nitrogen and oxygen atoms in total. The molecule has 2 aromatic rings. The highest BCUT2D eigenvalue weighted by Gasteiger charge is 2.22. The highest BCUT2D eigenvalue weighted by Crippen LogP contribution is 2.27. The van der Waals surface area contributed by atoms with E-state index in [4.69, 9.17) is 5.84 Å². The van der Waals surface area contributed by atoms with E-state index in [9.17, 15) is 0 Å². The molecule has 0 saturated carbocycles. The second-order valence-corrected chi connectivity index (χ2v) is 7.02. The zero-order valence-corrected chi connectivity index (χ0v) is 13.5. The van der Waals surface area contributed by atoms with Crippen LogP contribution in [0.25, 0.3) is 10.2 Å². The second-order valence-electron chi connectivity index (χ2n) is 6.13. The topological polar surface area (TPSA) is 67.1 Å². The Kier molecular flexibility index (Phi) is 4.37. The van der Waals surface area contributed by atoms with Crippen molar-refractivity contribution < 1.29 is 0 Å². The molecule has 1 fully saturated rings. The molecule has 3 heterocycles. The number of hydrogen-bond acceptors (Lipinski definition) is 6. The molecule has 0 aromatic carbocycles. The predicted molar refractivity (Wildman–Crippen MR) is 88.1 cm³/mol. The Balaban J connectivity index is 1.71. The van der Waals surface area contributed by atoms with Crippen LogP contribution in [0.2, 0.25) is 0 Å². The van der Waals surface area contributed by atoms with Crippen LogP contribution < -0.4 is 11.3 Å². The van der Waals surface area contributed by atoms with Crippen molar-refractivity contribution in [3.63, 3.8) is 0 Å². The predicted octanol–water partition coefficient (Wildman–Crippen LogP) is 2.84. The van der Waals surface area contributed by atoms with Crippen LogP contribution in [0.1, 0.15) is 32.5 Å². The van der Waals surface area contributed by atoms with Crippen LogP contribution in [0.4, 0.5) is 5.82 Å². The third kappa shape index (κ3) is 3.17. The number of nitrogens with one attached hydrogen (secondary N) is 1. The second kappa shape index (κ2) is 6.25. The normalized spacial score (nSPS) is 17.7. The van der Waals surface area contributed by atoms with Gasteiger partial charge in [-0.15, -0.1) is 11.3 Å². The molecule has 0 aliphatic carbocycles. The molecule has 0 bridgehead atoms. The molecule has 1 aliphatic rings. The van der Waals surface area contributed by atoms with Crippen molar-refractivity contribution in [2.24, 2.45) is 17.7 Å². The molecule has 0 unspecified atom stereocenters. The smallest absolute Gasteiger partial charge is 0.152 e. The maximum atomic E-state index is 5.58. The number of piperidine rings is 1. The molecule has 21 heavy (non-hydrogen) atoms. The molecule has 6 heteroatoms. The Morgan fingerprint density at radius 3 is 2.81 bits per heavy atom. The number of fused-ring (bicyclic) bond motifs is 1. The van der Waals surface area contributed by atoms with Crippen molar-refractivity contribution >= 4 is 27.4 Å². The summed E-state index contributed by atoms with van der Waals surface area (Å²) < 4.78 is 0. The summed E-state index contributed by atoms with van der Waals surface area (Å²) in [5.74, 6) is 8.83. The van der Waals surface area contributed by atoms with E-state index in [1.807, 2.05) is 11.4 Å². The lowest BCUT2D eigenvalue weighted by Crippen LogP contribution is -2.35. The van der Waals surface area contributed by atoms with E-state index in [1.165, 1.54) is 12.8 Å². The Morgan fingerprint density at radius 1 is 1.38 bits per heavy atom. The minimum atomic E-state index is 0.730. The van der Waals surface area contributed by atoms with Gasteiger partial charge in [-0.2, -0.15) is 0 Å². The maximum absolute atomic E-state index is 5.58. The van der Waals surface area contributed by atoms with Crippen molar-refractivity contribution in [3.8, 4) is 0 Å². The zero-order valence-electron chi connectivity index (χ0n) is 12.7. The van der Waals surface area contributed by atoms with Gasteiger partial charge in [-0.05, 0) is 49.2 Å². The first-order chi connectivity index (χ1) is 10.2. The number of likely N-dealkylation sites (tertiary alicyclic amines) is 1. The van der Waals surface area contributed by atoms with E-state index in [1.54, 1.807) is 11.3 Å². The Labute approximate surface area is 129 Å². The number of hydrazine groups is 1. The van der Waals surface area contributed by atoms with Crippen LogP contribution in [-0.4, -0.2) is 28.0 Å². The van der Waals surface area contributed by atoms with Gasteiger partial charge in [0.15, 0.2) is 5.82 Å². The fourth-order valence-electron chi connectivity index (χ4n) is 3.06. The summed E-state index contributed by atoms with van der Waals surface area (Å²) in [6, 6.07) is 2.01. The van der Waals surface area contributed by atoms with Gasteiger partial charge in [-0.1, -0.05) is 13.8 Å². The van der Waals surface area contributed by atoms with Gasteiger partial charge < -0.3 is 5.43 Å². The number of thiophene rings is 1. The highest BCUT2D eigenvalue weighted by molar-refractivity contribution is 7.16. The highest BCUT2D eigenvalue weighted by atomic mass is 32.1. The molecule has 1 saturated heterocycles. The third-order valence-electron chi connectivity index (χ3n) is 4.45. The van der Waals surface area contributed by atoms with Crippen molar-refractivity contribution in [2.75, 3.05) is 18.5 Å². The standard InChI is InChI=1S/C15H23N5S/c1-10(2)11-3-6-20(7-4-11)9-13-17-14(19-16)12-5-8-21-15(12)18-13/h5,8,10-11H,3-4,6-7,9,16H2,1-2H3,(H,17,18,19). The molecule has 1 aliphatic heterocycles. The number of aromatic nitrogens is 2. The van der Waals surface area contributed by atoms with Gasteiger partial charge in [-0.3, -0.25) is 4.90 Å². The third-order valence-corrected chi connectivity index (χ3v) is 5.25. The lowest BCUT2D eigenvalue weighted by atomic mass is 9.87. The summed E-state index contributed by atoms with van der Waals surface area (Å²) in [6.07, 6.45) is 2.56. The minimum Gasteiger partial charge on any atom is -0.308 e. The van der Waals surface area contributed by atoms with Gasteiger partial charge in [0.05, 0.1) is 11.9 Å². The summed E-state index contributed by atoms with van der Waals surface area (Å²) in [5.41, 5.74) is 2.69. The summed E-state index contributed by atoms with van der Waals surface area (Å²) >= 11 is 1.63. The molecular formula is C15H23N5S. The largest absolute Gasteiger partial charge is 0.308 e. The molecule has 0 radical (unpaired) electrons. The van der Waals surface area contributed by atoms with Gasteiger partial charge in [-0.25, -0.2) is 15.8 Å². The number of nitrogens with two attached hydrogens (primary N) is 1. The number of rotatable bonds is 4. The molecule has 0 spiro atoms. The lowest BCUT2D eigenvalue weighted by molar-refractivity contribution is 0.149. The average molecular weight is 305 g/mol. The maximum Gasteiger partial charge on any atom is 0.152 e. The van der Waals surface area contributed by atoms with Crippen molar-refractivity contribution in [2.45, 2.75) is 33.2 Å². The quantitative estimate of drug-likeness (QED) is 0.671. The van der Waals surface area contributed by atoms with Crippen LogP contribution in [0.15, 0.2) is 11.4 Å². The van der Waals surface area contributed by atoms with Crippen LogP contribution in [0.5, 0.6) is 0 Å². The molecule has 114 valence electrons. The summed E-state index contributed by atoms with van der Waals surface area (Å²) in [5, 5.41) is 3.03. The van der Waals surface area contributed by atoms with Gasteiger partial charge in [0.25, 0.3) is 0 Å². The van der Waals surface area contributed by atoms with E-state index in [-0.39, 0.29) is 0 Å². The summed E-state index contributed by atoms with van der Waals surface area (Å²) in [7, 11) is 0. The molecule has 0 atom stereocenters. The number of nitrogen functional groups attached to an aromatic ring is 1. The van der Waals surface area contributed by atoms with Crippen molar-refractivity contribution in [3.05, 3.63) is 17.3 Å². The van der Waals surface area contributed by atoms with E-state index < -0.39 is 0 Å².